The molecule has 1 amide bonds. The molecule has 106 valence electrons. The minimum absolute atomic E-state index is 0.276. The molecule has 1 fully saturated rings. The Bertz CT molecular complexity index is 438. The first-order valence-electron chi connectivity index (χ1n) is 7.03. The molecule has 0 saturated carbocycles. The number of nitrogens with one attached hydrogen (secondary N) is 1. The number of rotatable bonds is 5. The fraction of sp³-hybridized carbons (Fsp3) is 0.714. The van der Waals surface area contributed by atoms with Crippen molar-refractivity contribution in [2.45, 2.75) is 46.1 Å². The van der Waals surface area contributed by atoms with Crippen LogP contribution in [0, 0.1) is 13.8 Å². The lowest BCUT2D eigenvalue weighted by Crippen LogP contribution is -2.31. The molecular weight excluding hydrogens is 258 g/mol. The zero-order valence-electron chi connectivity index (χ0n) is 12.0. The molecule has 1 atom stereocenters. The number of aryl methyl sites for hydroxylation is 2. The van der Waals surface area contributed by atoms with Crippen LogP contribution in [0.4, 0.5) is 0 Å². The van der Waals surface area contributed by atoms with E-state index in [-0.39, 0.29) is 11.9 Å². The van der Waals surface area contributed by atoms with E-state index in [9.17, 15) is 4.79 Å². The quantitative estimate of drug-likeness (QED) is 0.901. The van der Waals surface area contributed by atoms with Crippen molar-refractivity contribution in [2.24, 2.45) is 0 Å². The van der Waals surface area contributed by atoms with Crippen LogP contribution in [-0.4, -0.2) is 35.4 Å². The van der Waals surface area contributed by atoms with Crippen molar-refractivity contribution >= 4 is 17.2 Å². The van der Waals surface area contributed by atoms with Crippen LogP contribution >= 0.6 is 11.3 Å². The monoisotopic (exact) mass is 281 g/mol. The zero-order valence-corrected chi connectivity index (χ0v) is 12.8. The van der Waals surface area contributed by atoms with Crippen molar-refractivity contribution in [2.75, 3.05) is 19.6 Å². The number of amides is 1. The first-order valence-corrected chi connectivity index (χ1v) is 7.84. The Labute approximate surface area is 119 Å². The van der Waals surface area contributed by atoms with Gasteiger partial charge in [-0.15, -0.1) is 11.3 Å². The lowest BCUT2D eigenvalue weighted by Gasteiger charge is -2.17. The SMILES string of the molecule is Cc1nc(C)c(C(C)NCCC(=O)N2CCCC2)s1. The molecule has 19 heavy (non-hydrogen) atoms. The highest BCUT2D eigenvalue weighted by molar-refractivity contribution is 7.11. The third-order valence-electron chi connectivity index (χ3n) is 3.58. The van der Waals surface area contributed by atoms with E-state index in [1.807, 2.05) is 18.7 Å². The zero-order chi connectivity index (χ0) is 13.8. The number of aromatic nitrogens is 1. The highest BCUT2D eigenvalue weighted by atomic mass is 32.1. The molecule has 5 heteroatoms. The van der Waals surface area contributed by atoms with Crippen LogP contribution < -0.4 is 5.32 Å². The summed E-state index contributed by atoms with van der Waals surface area (Å²) in [6, 6.07) is 0.276. The van der Waals surface area contributed by atoms with Gasteiger partial charge in [0, 0.05) is 37.0 Å². The third-order valence-corrected chi connectivity index (χ3v) is 4.84. The van der Waals surface area contributed by atoms with Crippen molar-refractivity contribution in [3.63, 3.8) is 0 Å². The fourth-order valence-corrected chi connectivity index (χ4v) is 3.52. The van der Waals surface area contributed by atoms with E-state index in [1.54, 1.807) is 11.3 Å². The Morgan fingerprint density at radius 1 is 1.42 bits per heavy atom. The predicted molar refractivity (Wildman–Crippen MR) is 78.4 cm³/mol. The highest BCUT2D eigenvalue weighted by Gasteiger charge is 2.18. The van der Waals surface area contributed by atoms with E-state index in [2.05, 4.69) is 17.2 Å². The van der Waals surface area contributed by atoms with Crippen LogP contribution in [0.5, 0.6) is 0 Å². The van der Waals surface area contributed by atoms with Gasteiger partial charge in [-0.1, -0.05) is 0 Å². The lowest BCUT2D eigenvalue weighted by atomic mass is 10.2. The summed E-state index contributed by atoms with van der Waals surface area (Å²) in [6.45, 7) is 8.85. The maximum atomic E-state index is 11.9. The van der Waals surface area contributed by atoms with Gasteiger partial charge in [-0.05, 0) is 33.6 Å². The van der Waals surface area contributed by atoms with Gasteiger partial charge < -0.3 is 10.2 Å². The van der Waals surface area contributed by atoms with Crippen LogP contribution in [0.15, 0.2) is 0 Å². The van der Waals surface area contributed by atoms with E-state index >= 15 is 0 Å². The van der Waals surface area contributed by atoms with Gasteiger partial charge in [-0.25, -0.2) is 4.98 Å². The Morgan fingerprint density at radius 3 is 2.68 bits per heavy atom. The number of carbonyl (C=O) groups excluding carboxylic acids is 1. The summed E-state index contributed by atoms with van der Waals surface area (Å²) in [5, 5.41) is 4.54. The second-order valence-electron chi connectivity index (χ2n) is 5.20. The molecular formula is C14H23N3OS. The molecule has 4 nitrogen and oxygen atoms in total. The number of nitrogens with zero attached hydrogens (tertiary/aromatic N) is 2. The van der Waals surface area contributed by atoms with E-state index in [0.717, 1.165) is 43.2 Å². The summed E-state index contributed by atoms with van der Waals surface area (Å²) in [7, 11) is 0. The van der Waals surface area contributed by atoms with Crippen molar-refractivity contribution in [3.8, 4) is 0 Å². The molecule has 1 saturated heterocycles. The van der Waals surface area contributed by atoms with Gasteiger partial charge in [0.25, 0.3) is 0 Å². The molecule has 2 rings (SSSR count). The predicted octanol–water partition coefficient (Wildman–Crippen LogP) is 2.42. The summed E-state index contributed by atoms with van der Waals surface area (Å²) in [4.78, 5) is 19.6. The van der Waals surface area contributed by atoms with Crippen LogP contribution in [0.3, 0.4) is 0 Å². The summed E-state index contributed by atoms with van der Waals surface area (Å²) >= 11 is 1.74. The normalized spacial score (nSPS) is 16.9. The number of thiazole rings is 1. The summed E-state index contributed by atoms with van der Waals surface area (Å²) in [5.74, 6) is 0.286. The molecule has 1 unspecified atom stereocenters. The molecule has 1 aromatic rings. The van der Waals surface area contributed by atoms with E-state index < -0.39 is 0 Å². The van der Waals surface area contributed by atoms with Crippen LogP contribution in [0.1, 0.15) is 47.8 Å². The topological polar surface area (TPSA) is 45.2 Å². The molecule has 1 N–H and O–H groups in total. The highest BCUT2D eigenvalue weighted by Crippen LogP contribution is 2.24. The third kappa shape index (κ3) is 3.76. The van der Waals surface area contributed by atoms with Crippen molar-refractivity contribution in [1.29, 1.82) is 0 Å². The standard InChI is InChI=1S/C14H23N3OS/c1-10(14-11(2)16-12(3)19-14)15-7-6-13(18)17-8-4-5-9-17/h10,15H,4-9H2,1-3H3. The fourth-order valence-electron chi connectivity index (χ4n) is 2.56. The Kier molecular flexibility index (Phi) is 4.93. The largest absolute Gasteiger partial charge is 0.343 e. The van der Waals surface area contributed by atoms with Gasteiger partial charge in [-0.2, -0.15) is 0 Å². The first-order chi connectivity index (χ1) is 9.08. The smallest absolute Gasteiger partial charge is 0.223 e. The Morgan fingerprint density at radius 2 is 2.11 bits per heavy atom. The molecule has 0 aliphatic carbocycles. The minimum atomic E-state index is 0.276. The van der Waals surface area contributed by atoms with Gasteiger partial charge in [-0.3, -0.25) is 4.79 Å². The lowest BCUT2D eigenvalue weighted by molar-refractivity contribution is -0.130. The van der Waals surface area contributed by atoms with Crippen molar-refractivity contribution in [3.05, 3.63) is 15.6 Å². The summed E-state index contributed by atoms with van der Waals surface area (Å²) in [6.07, 6.45) is 2.92. The van der Waals surface area contributed by atoms with Crippen LogP contribution in [0.25, 0.3) is 0 Å². The average Bonchev–Trinajstić information content (AvgIpc) is 2.98. The molecule has 2 heterocycles. The van der Waals surface area contributed by atoms with Gasteiger partial charge in [0.15, 0.2) is 0 Å². The van der Waals surface area contributed by atoms with E-state index in [0.29, 0.717) is 6.42 Å². The number of hydrogen-bond acceptors (Lipinski definition) is 4. The van der Waals surface area contributed by atoms with E-state index in [1.165, 1.54) is 4.88 Å². The van der Waals surface area contributed by atoms with Crippen LogP contribution in [0.2, 0.25) is 0 Å². The number of carbonyl (C=O) groups is 1. The van der Waals surface area contributed by atoms with Crippen molar-refractivity contribution < 1.29 is 4.79 Å². The summed E-state index contributed by atoms with van der Waals surface area (Å²) < 4.78 is 0. The van der Waals surface area contributed by atoms with Crippen molar-refractivity contribution in [1.82, 2.24) is 15.2 Å². The molecule has 0 radical (unpaired) electrons. The molecule has 1 aliphatic rings. The van der Waals surface area contributed by atoms with Gasteiger partial charge in [0.05, 0.1) is 10.7 Å². The maximum absolute atomic E-state index is 11.9. The molecule has 0 spiro atoms. The Hall–Kier alpha value is -0.940. The average molecular weight is 281 g/mol. The molecule has 1 aromatic heterocycles. The van der Waals surface area contributed by atoms with Crippen LogP contribution in [-0.2, 0) is 4.79 Å². The molecule has 0 bridgehead atoms. The molecule has 1 aliphatic heterocycles. The number of likely N-dealkylation sites (tertiary alicyclic amines) is 1. The van der Waals surface area contributed by atoms with Gasteiger partial charge in [0.2, 0.25) is 5.91 Å². The molecule has 0 aromatic carbocycles. The second-order valence-corrected chi connectivity index (χ2v) is 6.43. The maximum Gasteiger partial charge on any atom is 0.223 e. The second kappa shape index (κ2) is 6.48. The van der Waals surface area contributed by atoms with E-state index in [4.69, 9.17) is 0 Å². The summed E-state index contributed by atoms with van der Waals surface area (Å²) in [5.41, 5.74) is 1.10. The first kappa shape index (κ1) is 14.5. The van der Waals surface area contributed by atoms with Gasteiger partial charge in [0.1, 0.15) is 0 Å². The Balaban J connectivity index is 1.76. The minimum Gasteiger partial charge on any atom is -0.343 e. The van der Waals surface area contributed by atoms with Gasteiger partial charge >= 0.3 is 0 Å². The number of hydrogen-bond donors (Lipinski definition) is 1.